The molecular weight excluding hydrogens is 735 g/mol. The number of likely N-dealkylation sites (tertiary alicyclic amines) is 1. The number of hydrogen-bond acceptors (Lipinski definition) is 9. The van der Waals surface area contributed by atoms with Gasteiger partial charge in [-0.25, -0.2) is 0 Å². The van der Waals surface area contributed by atoms with E-state index < -0.39 is 30.2 Å². The number of nitrogens with one attached hydrogen (secondary N) is 2. The van der Waals surface area contributed by atoms with Crippen LogP contribution in [0.3, 0.4) is 0 Å². The van der Waals surface area contributed by atoms with E-state index in [1.807, 2.05) is 85.7 Å². The lowest BCUT2D eigenvalue weighted by Crippen LogP contribution is -2.62. The van der Waals surface area contributed by atoms with Gasteiger partial charge in [0, 0.05) is 61.5 Å². The van der Waals surface area contributed by atoms with E-state index in [-0.39, 0.29) is 42.3 Å². The number of methoxy groups -OCH3 is 1. The summed E-state index contributed by atoms with van der Waals surface area (Å²) < 4.78 is 6.11. The number of hydrogen-bond donors (Lipinski definition) is 4. The first-order valence-electron chi connectivity index (χ1n) is 20.9. The van der Waals surface area contributed by atoms with Crippen LogP contribution in [0, 0.1) is 29.1 Å². The fourth-order valence-corrected chi connectivity index (χ4v) is 10.3. The largest absolute Gasteiger partial charge is 0.496 e. The lowest BCUT2D eigenvalue weighted by atomic mass is 9.45. The molecule has 312 valence electrons. The first kappa shape index (κ1) is 41.7. The first-order valence-corrected chi connectivity index (χ1v) is 20.9. The molecule has 0 radical (unpaired) electrons. The second-order valence-corrected chi connectivity index (χ2v) is 17.8. The third-order valence-corrected chi connectivity index (χ3v) is 13.8. The number of para-hydroxylation sites is 1. The fourth-order valence-electron chi connectivity index (χ4n) is 10.3. The van der Waals surface area contributed by atoms with Crippen LogP contribution in [-0.2, 0) is 27.5 Å². The van der Waals surface area contributed by atoms with Gasteiger partial charge in [0.05, 0.1) is 26.4 Å². The highest BCUT2D eigenvalue weighted by Gasteiger charge is 2.57. The minimum Gasteiger partial charge on any atom is -0.496 e. The third-order valence-electron chi connectivity index (χ3n) is 13.8. The van der Waals surface area contributed by atoms with Crippen LogP contribution in [0.25, 0.3) is 11.1 Å². The van der Waals surface area contributed by atoms with Crippen LogP contribution < -0.4 is 20.3 Å². The Hall–Kier alpha value is -4.49. The Balaban J connectivity index is 1.15. The number of aliphatic hydroxyl groups excluding tert-OH is 2. The van der Waals surface area contributed by atoms with Gasteiger partial charge in [-0.2, -0.15) is 5.06 Å². The minimum absolute atomic E-state index is 0.0206. The van der Waals surface area contributed by atoms with E-state index in [4.69, 9.17) is 9.57 Å². The summed E-state index contributed by atoms with van der Waals surface area (Å²) in [5.74, 6) is 0.695. The molecule has 9 atom stereocenters. The Morgan fingerprint density at radius 3 is 2.45 bits per heavy atom. The van der Waals surface area contributed by atoms with Gasteiger partial charge in [-0.15, -0.1) is 0 Å². The van der Waals surface area contributed by atoms with Gasteiger partial charge in [-0.3, -0.25) is 19.2 Å². The van der Waals surface area contributed by atoms with Gasteiger partial charge in [0.2, 0.25) is 11.8 Å². The van der Waals surface area contributed by atoms with E-state index in [1.54, 1.807) is 24.0 Å². The highest BCUT2D eigenvalue weighted by Crippen LogP contribution is 2.61. The molecule has 3 amide bonds. The predicted molar refractivity (Wildman–Crippen MR) is 223 cm³/mol. The molecule has 5 aliphatic rings. The Kier molecular flexibility index (Phi) is 12.2. The number of fused-ring (bicyclic) bond motifs is 2. The lowest BCUT2D eigenvalue weighted by molar-refractivity contribution is -0.183. The summed E-state index contributed by atoms with van der Waals surface area (Å²) in [5.41, 5.74) is 4.74. The molecule has 58 heavy (non-hydrogen) atoms. The molecule has 8 rings (SSSR count). The number of benzene rings is 3. The van der Waals surface area contributed by atoms with Crippen molar-refractivity contribution < 1.29 is 34.2 Å². The molecule has 3 aromatic carbocycles. The van der Waals surface area contributed by atoms with E-state index in [9.17, 15) is 24.6 Å². The average Bonchev–Trinajstić information content (AvgIpc) is 3.86. The van der Waals surface area contributed by atoms with Gasteiger partial charge in [0.1, 0.15) is 23.9 Å². The van der Waals surface area contributed by atoms with Gasteiger partial charge >= 0.3 is 0 Å². The van der Waals surface area contributed by atoms with Crippen molar-refractivity contribution in [2.75, 3.05) is 39.3 Å². The maximum absolute atomic E-state index is 14.3. The maximum Gasteiger partial charge on any atom is 0.254 e. The van der Waals surface area contributed by atoms with Crippen molar-refractivity contribution in [1.82, 2.24) is 20.6 Å². The SMILES string of the molecule is COc1c(CN2O[C@@H](CO)[C@H]([C@H](C)O)[C@H]2C(=O)N[C@H]2C[C@H]3C[C@@H]([C@@H]2C)C3(C)C)cccc1-c1cc(C(=O)N2CCC[C@H]2C(=O)NCc2ccccc2)cc(N(C)C)c1. The number of amides is 3. The molecule has 3 saturated carbocycles. The highest BCUT2D eigenvalue weighted by atomic mass is 16.7. The summed E-state index contributed by atoms with van der Waals surface area (Å²) in [5, 5.41) is 29.3. The van der Waals surface area contributed by atoms with Gasteiger partial charge in [-0.05, 0) is 85.1 Å². The molecule has 12 heteroatoms. The van der Waals surface area contributed by atoms with Crippen molar-refractivity contribution in [2.24, 2.45) is 29.1 Å². The summed E-state index contributed by atoms with van der Waals surface area (Å²) in [6, 6.07) is 19.8. The van der Waals surface area contributed by atoms with Crippen LogP contribution in [0.4, 0.5) is 5.69 Å². The summed E-state index contributed by atoms with van der Waals surface area (Å²) in [6.07, 6.45) is 1.73. The summed E-state index contributed by atoms with van der Waals surface area (Å²) >= 11 is 0. The van der Waals surface area contributed by atoms with Crippen LogP contribution in [0.1, 0.15) is 74.9 Å². The number of carbonyl (C=O) groups is 3. The number of rotatable bonds is 13. The fraction of sp³-hybridized carbons (Fsp3) is 0.543. The average molecular weight is 796 g/mol. The molecule has 4 N–H and O–H groups in total. The molecule has 2 aliphatic heterocycles. The minimum atomic E-state index is -0.919. The highest BCUT2D eigenvalue weighted by molar-refractivity contribution is 6.00. The van der Waals surface area contributed by atoms with Crippen molar-refractivity contribution >= 4 is 23.4 Å². The Labute approximate surface area is 342 Å². The van der Waals surface area contributed by atoms with Crippen molar-refractivity contribution in [1.29, 1.82) is 0 Å². The zero-order valence-electron chi connectivity index (χ0n) is 35.0. The van der Waals surface area contributed by atoms with E-state index in [1.165, 1.54) is 6.42 Å². The molecule has 2 saturated heterocycles. The van der Waals surface area contributed by atoms with Gasteiger partial charge in [-0.1, -0.05) is 69.3 Å². The Bertz CT molecular complexity index is 1970. The monoisotopic (exact) mass is 795 g/mol. The quantitative estimate of drug-likeness (QED) is 0.188. The number of nitrogens with zero attached hydrogens (tertiary/aromatic N) is 3. The standard InChI is InChI=1S/C46H61N5O7/c1-27-36-22-33(46(36,3)4)23-37(27)48-44(55)41-40(28(2)53)39(26-52)58-51(41)25-30-15-11-16-35(42(30)57-7)31-19-32(21-34(20-31)49(5)6)45(56)50-18-12-17-38(50)43(54)47-24-29-13-9-8-10-14-29/h8-11,13-16,19-21,27-28,33,36-41,52-53H,12,17-18,22-26H2,1-7H3,(H,47,54)(H,48,55)/t27-,28-,33+,36-,37-,38-,39-,40-,41-/m0/s1. The van der Waals surface area contributed by atoms with Gasteiger partial charge < -0.3 is 35.4 Å². The number of anilines is 1. The Morgan fingerprint density at radius 1 is 1.03 bits per heavy atom. The summed E-state index contributed by atoms with van der Waals surface area (Å²) in [7, 11) is 5.43. The molecule has 2 bridgehead atoms. The van der Waals surface area contributed by atoms with Crippen molar-refractivity contribution in [3.8, 4) is 16.9 Å². The van der Waals surface area contributed by atoms with Crippen LogP contribution in [-0.4, -0.2) is 103 Å². The molecule has 3 aliphatic carbocycles. The third kappa shape index (κ3) is 7.96. The number of ether oxygens (including phenoxy) is 1. The topological polar surface area (TPSA) is 144 Å². The van der Waals surface area contributed by atoms with E-state index in [0.29, 0.717) is 48.6 Å². The van der Waals surface area contributed by atoms with Crippen molar-refractivity contribution in [3.63, 3.8) is 0 Å². The van der Waals surface area contributed by atoms with Crippen LogP contribution in [0.2, 0.25) is 0 Å². The lowest BCUT2D eigenvalue weighted by Gasteiger charge is -2.62. The first-order chi connectivity index (χ1) is 27.7. The number of aliphatic hydroxyl groups is 2. The second kappa shape index (κ2) is 17.0. The molecule has 0 aromatic heterocycles. The molecule has 5 fully saturated rings. The summed E-state index contributed by atoms with van der Waals surface area (Å²) in [6.45, 7) is 9.18. The molecule has 2 heterocycles. The molecule has 3 aromatic rings. The van der Waals surface area contributed by atoms with Gasteiger partial charge in [0.25, 0.3) is 5.91 Å². The maximum atomic E-state index is 14.3. The molecule has 12 nitrogen and oxygen atoms in total. The van der Waals surface area contributed by atoms with Gasteiger partial charge in [0.15, 0.2) is 0 Å². The van der Waals surface area contributed by atoms with E-state index in [0.717, 1.165) is 40.8 Å². The van der Waals surface area contributed by atoms with E-state index >= 15 is 0 Å². The predicted octanol–water partition coefficient (Wildman–Crippen LogP) is 5.01. The normalized spacial score (nSPS) is 28.1. The zero-order chi connectivity index (χ0) is 41.5. The number of hydroxylamine groups is 2. The number of carbonyl (C=O) groups excluding carboxylic acids is 3. The molecule has 0 spiro atoms. The van der Waals surface area contributed by atoms with Crippen LogP contribution >= 0.6 is 0 Å². The zero-order valence-corrected chi connectivity index (χ0v) is 35.0. The second-order valence-electron chi connectivity index (χ2n) is 17.8. The van der Waals surface area contributed by atoms with Crippen molar-refractivity contribution in [3.05, 3.63) is 83.4 Å². The van der Waals surface area contributed by atoms with E-state index in [2.05, 4.69) is 31.4 Å². The van der Waals surface area contributed by atoms with Crippen LogP contribution in [0.15, 0.2) is 66.7 Å². The Morgan fingerprint density at radius 2 is 1.79 bits per heavy atom. The smallest absolute Gasteiger partial charge is 0.254 e. The summed E-state index contributed by atoms with van der Waals surface area (Å²) in [4.78, 5) is 51.9. The van der Waals surface area contributed by atoms with Crippen LogP contribution in [0.5, 0.6) is 5.75 Å². The molecule has 0 unspecified atom stereocenters. The molecular formula is C46H61N5O7. The van der Waals surface area contributed by atoms with Crippen molar-refractivity contribution in [2.45, 2.75) is 96.8 Å².